The quantitative estimate of drug-likeness (QED) is 0.831. The highest BCUT2D eigenvalue weighted by Gasteiger charge is 2.17. The number of thiophene rings is 1. The molecule has 2 rings (SSSR count). The van der Waals surface area contributed by atoms with Crippen LogP contribution < -0.4 is 4.74 Å². The Kier molecular flexibility index (Phi) is 3.40. The van der Waals surface area contributed by atoms with Crippen molar-refractivity contribution in [1.82, 2.24) is 9.78 Å². The van der Waals surface area contributed by atoms with Crippen LogP contribution >= 0.6 is 11.3 Å². The maximum atomic E-state index is 11.0. The van der Waals surface area contributed by atoms with Crippen molar-refractivity contribution in [2.45, 2.75) is 0 Å². The molecule has 0 spiro atoms. The number of aliphatic hydroxyl groups excluding tert-OH is 1. The van der Waals surface area contributed by atoms with Crippen LogP contribution in [0.2, 0.25) is 0 Å². The molecular formula is C10H10N2O4S. The lowest BCUT2D eigenvalue weighted by Crippen LogP contribution is -2.04. The van der Waals surface area contributed by atoms with E-state index >= 15 is 0 Å². The number of ether oxygens (including phenoxy) is 1. The molecule has 0 aliphatic carbocycles. The predicted octanol–water partition coefficient (Wildman–Crippen LogP) is 1.00. The van der Waals surface area contributed by atoms with E-state index in [0.717, 1.165) is 11.3 Å². The fourth-order valence-corrected chi connectivity index (χ4v) is 2.17. The number of hydrogen-bond acceptors (Lipinski definition) is 5. The predicted molar refractivity (Wildman–Crippen MR) is 61.0 cm³/mol. The molecule has 0 saturated heterocycles. The molecule has 2 aromatic heterocycles. The van der Waals surface area contributed by atoms with E-state index in [1.165, 1.54) is 0 Å². The third-order valence-electron chi connectivity index (χ3n) is 1.96. The summed E-state index contributed by atoms with van der Waals surface area (Å²) in [7, 11) is 0. The van der Waals surface area contributed by atoms with Crippen molar-refractivity contribution in [3.8, 4) is 10.8 Å². The fourth-order valence-electron chi connectivity index (χ4n) is 1.29. The monoisotopic (exact) mass is 254 g/mol. The number of nitrogens with zero attached hydrogens (tertiary/aromatic N) is 2. The van der Waals surface area contributed by atoms with E-state index in [0.29, 0.717) is 5.00 Å². The smallest absolute Gasteiger partial charge is 0.349 e. The Labute approximate surface area is 101 Å². The van der Waals surface area contributed by atoms with Gasteiger partial charge in [-0.05, 0) is 6.07 Å². The molecule has 0 unspecified atom stereocenters. The zero-order valence-corrected chi connectivity index (χ0v) is 9.55. The summed E-state index contributed by atoms with van der Waals surface area (Å²) in [6, 6.07) is 3.34. The second kappa shape index (κ2) is 4.98. The third kappa shape index (κ3) is 2.45. The number of carboxylic acids is 1. The van der Waals surface area contributed by atoms with Gasteiger partial charge in [-0.1, -0.05) is 0 Å². The van der Waals surface area contributed by atoms with Gasteiger partial charge in [0.1, 0.15) is 17.4 Å². The number of aliphatic hydroxyl groups is 1. The van der Waals surface area contributed by atoms with E-state index in [9.17, 15) is 4.79 Å². The molecule has 17 heavy (non-hydrogen) atoms. The van der Waals surface area contributed by atoms with Crippen LogP contribution in [0.15, 0.2) is 24.5 Å². The summed E-state index contributed by atoms with van der Waals surface area (Å²) < 4.78 is 6.72. The first kappa shape index (κ1) is 11.6. The van der Waals surface area contributed by atoms with Crippen molar-refractivity contribution in [1.29, 1.82) is 0 Å². The Bertz CT molecular complexity index is 506. The lowest BCUT2D eigenvalue weighted by Gasteiger charge is -2.01. The molecule has 0 amide bonds. The summed E-state index contributed by atoms with van der Waals surface area (Å²) in [5.41, 5.74) is 0. The van der Waals surface area contributed by atoms with Gasteiger partial charge in [0.2, 0.25) is 0 Å². The van der Waals surface area contributed by atoms with Gasteiger partial charge >= 0.3 is 5.97 Å². The van der Waals surface area contributed by atoms with Crippen LogP contribution in [-0.4, -0.2) is 39.2 Å². The maximum Gasteiger partial charge on any atom is 0.349 e. The highest BCUT2D eigenvalue weighted by Crippen LogP contribution is 2.31. The van der Waals surface area contributed by atoms with Crippen LogP contribution in [0.25, 0.3) is 5.00 Å². The normalized spacial score (nSPS) is 10.4. The zero-order chi connectivity index (χ0) is 12.3. The maximum absolute atomic E-state index is 11.0. The molecule has 0 saturated carbocycles. The molecule has 2 heterocycles. The van der Waals surface area contributed by atoms with Gasteiger partial charge in [0.15, 0.2) is 4.88 Å². The van der Waals surface area contributed by atoms with Crippen molar-refractivity contribution >= 4 is 17.3 Å². The van der Waals surface area contributed by atoms with E-state index in [4.69, 9.17) is 14.9 Å². The van der Waals surface area contributed by atoms with Gasteiger partial charge < -0.3 is 14.9 Å². The Balaban J connectivity index is 2.34. The van der Waals surface area contributed by atoms with E-state index in [2.05, 4.69) is 5.10 Å². The second-order valence-electron chi connectivity index (χ2n) is 3.11. The Morgan fingerprint density at radius 1 is 1.59 bits per heavy atom. The van der Waals surface area contributed by atoms with Crippen LogP contribution in [0, 0.1) is 0 Å². The van der Waals surface area contributed by atoms with E-state index in [1.54, 1.807) is 29.2 Å². The summed E-state index contributed by atoms with van der Waals surface area (Å²) in [4.78, 5) is 11.1. The standard InChI is InChI=1S/C10H10N2O4S/c13-4-5-16-7-6-8(12-3-1-2-11-12)17-9(7)10(14)15/h1-3,6,13H,4-5H2,(H,14,15). The van der Waals surface area contributed by atoms with Gasteiger partial charge in [0.25, 0.3) is 0 Å². The molecule has 6 nitrogen and oxygen atoms in total. The summed E-state index contributed by atoms with van der Waals surface area (Å²) in [6.07, 6.45) is 3.32. The first-order chi connectivity index (χ1) is 8.22. The van der Waals surface area contributed by atoms with Gasteiger partial charge in [-0.25, -0.2) is 9.48 Å². The molecule has 0 aliphatic heterocycles. The SMILES string of the molecule is O=C(O)c1sc(-n2cccn2)cc1OCCO. The summed E-state index contributed by atoms with van der Waals surface area (Å²) in [5.74, 6) is -0.802. The van der Waals surface area contributed by atoms with Gasteiger partial charge in [0, 0.05) is 18.5 Å². The average molecular weight is 254 g/mol. The first-order valence-electron chi connectivity index (χ1n) is 4.83. The van der Waals surface area contributed by atoms with Crippen molar-refractivity contribution < 1.29 is 19.7 Å². The Morgan fingerprint density at radius 2 is 2.41 bits per heavy atom. The number of carbonyl (C=O) groups is 1. The fraction of sp³-hybridized carbons (Fsp3) is 0.200. The lowest BCUT2D eigenvalue weighted by atomic mass is 10.4. The van der Waals surface area contributed by atoms with Crippen LogP contribution in [-0.2, 0) is 0 Å². The molecule has 0 fully saturated rings. The van der Waals surface area contributed by atoms with E-state index < -0.39 is 5.97 Å². The zero-order valence-electron chi connectivity index (χ0n) is 8.74. The topological polar surface area (TPSA) is 84.6 Å². The van der Waals surface area contributed by atoms with E-state index in [-0.39, 0.29) is 23.8 Å². The van der Waals surface area contributed by atoms with Crippen LogP contribution in [0.1, 0.15) is 9.67 Å². The minimum absolute atomic E-state index is 0.0650. The van der Waals surface area contributed by atoms with Crippen LogP contribution in [0.5, 0.6) is 5.75 Å². The molecule has 2 N–H and O–H groups in total. The largest absolute Gasteiger partial charge is 0.489 e. The summed E-state index contributed by atoms with van der Waals surface area (Å²) in [5, 5.41) is 22.3. The lowest BCUT2D eigenvalue weighted by molar-refractivity contribution is 0.0696. The van der Waals surface area contributed by atoms with Crippen molar-refractivity contribution in [2.75, 3.05) is 13.2 Å². The molecule has 2 aromatic rings. The number of hydrogen-bond donors (Lipinski definition) is 2. The molecule has 0 aromatic carbocycles. The van der Waals surface area contributed by atoms with Crippen molar-refractivity contribution in [3.05, 3.63) is 29.4 Å². The Hall–Kier alpha value is -1.86. The molecule has 0 bridgehead atoms. The van der Waals surface area contributed by atoms with Crippen LogP contribution in [0.3, 0.4) is 0 Å². The molecule has 0 atom stereocenters. The number of rotatable bonds is 5. The minimum atomic E-state index is -1.05. The summed E-state index contributed by atoms with van der Waals surface area (Å²) in [6.45, 7) is -0.0957. The first-order valence-corrected chi connectivity index (χ1v) is 5.65. The Morgan fingerprint density at radius 3 is 3.00 bits per heavy atom. The molecule has 0 aliphatic rings. The molecule has 90 valence electrons. The molecular weight excluding hydrogens is 244 g/mol. The molecule has 7 heteroatoms. The summed E-state index contributed by atoms with van der Waals surface area (Å²) >= 11 is 1.07. The van der Waals surface area contributed by atoms with Gasteiger partial charge in [-0.15, -0.1) is 11.3 Å². The highest BCUT2D eigenvalue weighted by atomic mass is 32.1. The van der Waals surface area contributed by atoms with E-state index in [1.807, 2.05) is 0 Å². The van der Waals surface area contributed by atoms with Gasteiger partial charge in [0.05, 0.1) is 6.61 Å². The average Bonchev–Trinajstić information content (AvgIpc) is 2.94. The van der Waals surface area contributed by atoms with Gasteiger partial charge in [-0.2, -0.15) is 5.10 Å². The van der Waals surface area contributed by atoms with Crippen molar-refractivity contribution in [3.63, 3.8) is 0 Å². The highest BCUT2D eigenvalue weighted by molar-refractivity contribution is 7.16. The van der Waals surface area contributed by atoms with Crippen LogP contribution in [0.4, 0.5) is 0 Å². The number of carboxylic acid groups (broad SMARTS) is 1. The minimum Gasteiger partial charge on any atom is -0.489 e. The molecule has 0 radical (unpaired) electrons. The number of aromatic carboxylic acids is 1. The third-order valence-corrected chi connectivity index (χ3v) is 3.05. The second-order valence-corrected chi connectivity index (χ2v) is 4.14. The van der Waals surface area contributed by atoms with Crippen molar-refractivity contribution in [2.24, 2.45) is 0 Å². The number of aromatic nitrogens is 2. The van der Waals surface area contributed by atoms with Gasteiger partial charge in [-0.3, -0.25) is 0 Å².